The van der Waals surface area contributed by atoms with E-state index in [1.54, 1.807) is 0 Å². The van der Waals surface area contributed by atoms with E-state index in [1.165, 1.54) is 5.56 Å². The van der Waals surface area contributed by atoms with E-state index in [-0.39, 0.29) is 0 Å². The minimum Gasteiger partial charge on any atom is -0.485 e. The fourth-order valence-electron chi connectivity index (χ4n) is 3.27. The fraction of sp³-hybridized carbons (Fsp3) is 0.208. The molecule has 0 aliphatic carbocycles. The molecule has 0 unspecified atom stereocenters. The van der Waals surface area contributed by atoms with Gasteiger partial charge in [-0.25, -0.2) is 0 Å². The highest BCUT2D eigenvalue weighted by Gasteiger charge is 2.17. The van der Waals surface area contributed by atoms with Gasteiger partial charge in [-0.1, -0.05) is 60.7 Å². The van der Waals surface area contributed by atoms with Crippen molar-refractivity contribution in [1.29, 1.82) is 0 Å². The zero-order valence-electron chi connectivity index (χ0n) is 15.5. The Balaban J connectivity index is 1.60. The zero-order valence-corrected chi connectivity index (χ0v) is 15.5. The second-order valence-electron chi connectivity index (χ2n) is 6.72. The summed E-state index contributed by atoms with van der Waals surface area (Å²) in [5.74, 6) is 1.56. The van der Waals surface area contributed by atoms with Gasteiger partial charge in [0.2, 0.25) is 0 Å². The third-order valence-corrected chi connectivity index (χ3v) is 4.76. The lowest BCUT2D eigenvalue weighted by Gasteiger charge is -2.20. The van der Waals surface area contributed by atoms with Gasteiger partial charge < -0.3 is 9.47 Å². The molecule has 0 aromatic heterocycles. The molecule has 4 rings (SSSR count). The Labute approximate surface area is 160 Å². The fourth-order valence-corrected chi connectivity index (χ4v) is 3.27. The molecule has 0 radical (unpaired) electrons. The normalized spacial score (nSPS) is 12.9. The minimum absolute atomic E-state index is 0.511. The van der Waals surface area contributed by atoms with Crippen LogP contribution in [0.3, 0.4) is 0 Å². The first-order valence-corrected chi connectivity index (χ1v) is 9.31. The maximum absolute atomic E-state index is 6.15. The van der Waals surface area contributed by atoms with Crippen LogP contribution in [-0.2, 0) is 19.6 Å². The molecule has 0 amide bonds. The van der Waals surface area contributed by atoms with Gasteiger partial charge in [0.05, 0.1) is 0 Å². The summed E-state index contributed by atoms with van der Waals surface area (Å²) in [5.41, 5.74) is 5.78. The highest BCUT2D eigenvalue weighted by atomic mass is 16.5. The molecule has 0 atom stereocenters. The average Bonchev–Trinajstić information content (AvgIpc) is 2.72. The van der Waals surface area contributed by atoms with Crippen LogP contribution in [-0.4, -0.2) is 12.3 Å². The second kappa shape index (κ2) is 8.09. The van der Waals surface area contributed by atoms with Crippen LogP contribution in [0.5, 0.6) is 11.5 Å². The van der Waals surface area contributed by atoms with E-state index >= 15 is 0 Å². The van der Waals surface area contributed by atoms with Crippen molar-refractivity contribution >= 4 is 5.71 Å². The molecule has 3 aromatic carbocycles. The molecular formula is C24H23NO2. The molecule has 27 heavy (non-hydrogen) atoms. The van der Waals surface area contributed by atoms with Crippen LogP contribution in [0.15, 0.2) is 77.8 Å². The first-order chi connectivity index (χ1) is 13.3. The minimum atomic E-state index is 0.511. The smallest absolute Gasteiger partial charge is 0.162 e. The van der Waals surface area contributed by atoms with E-state index < -0.39 is 0 Å². The molecule has 3 nitrogen and oxygen atoms in total. The quantitative estimate of drug-likeness (QED) is 0.606. The van der Waals surface area contributed by atoms with E-state index in [1.807, 2.05) is 36.4 Å². The number of fused-ring (bicyclic) bond motifs is 1. The molecule has 136 valence electrons. The average molecular weight is 357 g/mol. The van der Waals surface area contributed by atoms with Gasteiger partial charge >= 0.3 is 0 Å². The number of ether oxygens (including phenoxy) is 2. The number of rotatable bonds is 6. The van der Waals surface area contributed by atoms with Crippen LogP contribution in [0.1, 0.15) is 29.2 Å². The molecule has 0 N–H and O–H groups in total. The number of nitrogens with zero attached hydrogens (tertiary/aromatic N) is 1. The van der Waals surface area contributed by atoms with Crippen molar-refractivity contribution in [2.75, 3.05) is 6.54 Å². The van der Waals surface area contributed by atoms with Gasteiger partial charge in [-0.15, -0.1) is 0 Å². The van der Waals surface area contributed by atoms with Crippen molar-refractivity contribution in [3.8, 4) is 11.5 Å². The molecule has 3 aromatic rings. The molecule has 0 bridgehead atoms. The summed E-state index contributed by atoms with van der Waals surface area (Å²) in [6.07, 6.45) is 0.938. The molecule has 1 heterocycles. The third-order valence-electron chi connectivity index (χ3n) is 4.76. The lowest BCUT2D eigenvalue weighted by atomic mass is 9.97. The molecule has 0 fully saturated rings. The first kappa shape index (κ1) is 17.3. The van der Waals surface area contributed by atoms with E-state index in [9.17, 15) is 0 Å². The van der Waals surface area contributed by atoms with Crippen molar-refractivity contribution in [3.05, 3.63) is 95.1 Å². The number of benzene rings is 3. The van der Waals surface area contributed by atoms with Crippen molar-refractivity contribution < 1.29 is 9.47 Å². The molecule has 1 aliphatic heterocycles. The van der Waals surface area contributed by atoms with Gasteiger partial charge in [0.25, 0.3) is 0 Å². The molecule has 3 heteroatoms. The SMILES string of the molecule is CC1=NCCc2cc(OCc3ccccc3)c(OCc3ccccc3)cc21. The van der Waals surface area contributed by atoms with E-state index in [4.69, 9.17) is 9.47 Å². The zero-order chi connectivity index (χ0) is 18.5. The molecule has 0 saturated heterocycles. The molecule has 0 spiro atoms. The van der Waals surface area contributed by atoms with Crippen LogP contribution < -0.4 is 9.47 Å². The monoisotopic (exact) mass is 357 g/mol. The predicted octanol–water partition coefficient (Wildman–Crippen LogP) is 5.21. The van der Waals surface area contributed by atoms with Crippen molar-refractivity contribution in [3.63, 3.8) is 0 Å². The summed E-state index contributed by atoms with van der Waals surface area (Å²) in [4.78, 5) is 4.57. The summed E-state index contributed by atoms with van der Waals surface area (Å²) >= 11 is 0. The van der Waals surface area contributed by atoms with Gasteiger partial charge in [-0.2, -0.15) is 0 Å². The molecule has 1 aliphatic rings. The Hall–Kier alpha value is -3.07. The number of hydrogen-bond acceptors (Lipinski definition) is 3. The molecular weight excluding hydrogens is 334 g/mol. The molecule has 0 saturated carbocycles. The maximum Gasteiger partial charge on any atom is 0.162 e. The van der Waals surface area contributed by atoms with Gasteiger partial charge in [-0.05, 0) is 42.2 Å². The maximum atomic E-state index is 6.15. The van der Waals surface area contributed by atoms with Crippen LogP contribution in [0.25, 0.3) is 0 Å². The van der Waals surface area contributed by atoms with Gasteiger partial charge in [-0.3, -0.25) is 4.99 Å². The summed E-state index contributed by atoms with van der Waals surface area (Å²) < 4.78 is 12.3. The van der Waals surface area contributed by atoms with E-state index in [0.29, 0.717) is 13.2 Å². The Bertz CT molecular complexity index is 933. The lowest BCUT2D eigenvalue weighted by Crippen LogP contribution is -2.11. The second-order valence-corrected chi connectivity index (χ2v) is 6.72. The number of hydrogen-bond donors (Lipinski definition) is 0. The number of aliphatic imine (C=N–C) groups is 1. The van der Waals surface area contributed by atoms with Crippen LogP contribution in [0.4, 0.5) is 0 Å². The summed E-state index contributed by atoms with van der Waals surface area (Å²) in [7, 11) is 0. The van der Waals surface area contributed by atoms with Crippen molar-refractivity contribution in [2.45, 2.75) is 26.6 Å². The lowest BCUT2D eigenvalue weighted by molar-refractivity contribution is 0.255. The van der Waals surface area contributed by atoms with Crippen LogP contribution in [0.2, 0.25) is 0 Å². The third kappa shape index (κ3) is 4.20. The van der Waals surface area contributed by atoms with Crippen LogP contribution >= 0.6 is 0 Å². The Morgan fingerprint density at radius 3 is 1.93 bits per heavy atom. The Kier molecular flexibility index (Phi) is 5.20. The van der Waals surface area contributed by atoms with E-state index in [2.05, 4.69) is 48.3 Å². The summed E-state index contributed by atoms with van der Waals surface area (Å²) in [5, 5.41) is 0. The topological polar surface area (TPSA) is 30.8 Å². The summed E-state index contributed by atoms with van der Waals surface area (Å²) in [6.45, 7) is 3.93. The Morgan fingerprint density at radius 2 is 1.33 bits per heavy atom. The van der Waals surface area contributed by atoms with Crippen molar-refractivity contribution in [1.82, 2.24) is 0 Å². The van der Waals surface area contributed by atoms with Gasteiger partial charge in [0.15, 0.2) is 11.5 Å². The highest BCUT2D eigenvalue weighted by molar-refractivity contribution is 6.01. The first-order valence-electron chi connectivity index (χ1n) is 9.31. The standard InChI is InChI=1S/C24H23NO2/c1-18-22-15-24(27-17-20-10-6-3-7-11-20)23(14-21(22)12-13-25-18)26-16-19-8-4-2-5-9-19/h2-11,14-15H,12-13,16-17H2,1H3. The van der Waals surface area contributed by atoms with Gasteiger partial charge in [0, 0.05) is 17.8 Å². The van der Waals surface area contributed by atoms with Gasteiger partial charge in [0.1, 0.15) is 13.2 Å². The summed E-state index contributed by atoms with van der Waals surface area (Å²) in [6, 6.07) is 24.6. The highest BCUT2D eigenvalue weighted by Crippen LogP contribution is 2.34. The predicted molar refractivity (Wildman–Crippen MR) is 109 cm³/mol. The largest absolute Gasteiger partial charge is 0.485 e. The Morgan fingerprint density at radius 1 is 0.778 bits per heavy atom. The van der Waals surface area contributed by atoms with Crippen molar-refractivity contribution in [2.24, 2.45) is 4.99 Å². The van der Waals surface area contributed by atoms with E-state index in [0.717, 1.165) is 46.9 Å². The van der Waals surface area contributed by atoms with Crippen LogP contribution in [0, 0.1) is 0 Å².